The van der Waals surface area contributed by atoms with E-state index in [0.717, 1.165) is 0 Å². The van der Waals surface area contributed by atoms with Gasteiger partial charge >= 0.3 is 12.1 Å². The highest BCUT2D eigenvalue weighted by Gasteiger charge is 2.34. The third kappa shape index (κ3) is 5.18. The number of aliphatic carboxylic acids is 1. The fourth-order valence-electron chi connectivity index (χ4n) is 4.81. The van der Waals surface area contributed by atoms with Crippen LogP contribution < -0.4 is 5.32 Å². The van der Waals surface area contributed by atoms with Crippen LogP contribution in [0.4, 0.5) is 4.79 Å². The first-order valence-corrected chi connectivity index (χ1v) is 11.5. The van der Waals surface area contributed by atoms with Crippen LogP contribution in [-0.2, 0) is 14.3 Å². The molecule has 2 N–H and O–H groups in total. The van der Waals surface area contributed by atoms with Crippen LogP contribution in [0.15, 0.2) is 48.5 Å². The van der Waals surface area contributed by atoms with Crippen LogP contribution in [-0.4, -0.2) is 54.2 Å². The van der Waals surface area contributed by atoms with Crippen LogP contribution in [0, 0.1) is 11.8 Å². The highest BCUT2D eigenvalue weighted by Crippen LogP contribution is 2.44. The minimum absolute atomic E-state index is 0.0299. The molecule has 0 aromatic heterocycles. The zero-order valence-electron chi connectivity index (χ0n) is 18.8. The number of benzene rings is 2. The molecule has 1 fully saturated rings. The minimum atomic E-state index is -0.820. The Kier molecular flexibility index (Phi) is 6.96. The summed E-state index contributed by atoms with van der Waals surface area (Å²) in [7, 11) is 0. The molecule has 2 aromatic rings. The third-order valence-electron chi connectivity index (χ3n) is 6.58. The van der Waals surface area contributed by atoms with E-state index >= 15 is 0 Å². The number of ether oxygens (including phenoxy) is 1. The van der Waals surface area contributed by atoms with Gasteiger partial charge in [-0.2, -0.15) is 0 Å². The van der Waals surface area contributed by atoms with Gasteiger partial charge in [-0.1, -0.05) is 55.5 Å². The highest BCUT2D eigenvalue weighted by molar-refractivity contribution is 5.80. The van der Waals surface area contributed by atoms with E-state index in [1.54, 1.807) is 4.90 Å². The average Bonchev–Trinajstić information content (AvgIpc) is 3.10. The first-order chi connectivity index (χ1) is 15.9. The van der Waals surface area contributed by atoms with Crippen molar-refractivity contribution >= 4 is 18.0 Å². The Labute approximate surface area is 193 Å². The summed E-state index contributed by atoms with van der Waals surface area (Å²) in [6, 6.07) is 16.4. The van der Waals surface area contributed by atoms with E-state index in [-0.39, 0.29) is 36.7 Å². The molecule has 2 aliphatic rings. The monoisotopic (exact) mass is 450 g/mol. The lowest BCUT2D eigenvalue weighted by atomic mass is 9.93. The van der Waals surface area contributed by atoms with Crippen molar-refractivity contribution in [3.8, 4) is 11.1 Å². The Morgan fingerprint density at radius 2 is 1.67 bits per heavy atom. The predicted octanol–water partition coefficient (Wildman–Crippen LogP) is 3.87. The largest absolute Gasteiger partial charge is 0.481 e. The zero-order valence-corrected chi connectivity index (χ0v) is 18.8. The summed E-state index contributed by atoms with van der Waals surface area (Å²) in [5.74, 6) is -0.825. The van der Waals surface area contributed by atoms with Crippen molar-refractivity contribution in [1.29, 1.82) is 0 Å². The van der Waals surface area contributed by atoms with Crippen LogP contribution in [0.5, 0.6) is 0 Å². The van der Waals surface area contributed by atoms with Gasteiger partial charge in [-0.3, -0.25) is 9.59 Å². The van der Waals surface area contributed by atoms with Gasteiger partial charge in [-0.25, -0.2) is 4.79 Å². The van der Waals surface area contributed by atoms with Crippen molar-refractivity contribution in [2.24, 2.45) is 11.8 Å². The number of rotatable bonds is 9. The standard InChI is InChI=1S/C26H30N2O5/c1-17(25(31)28-14-18(15-28)13-24(29)30)7-6-12-27-26(32)33-16-23-21-10-4-2-8-19(21)20-9-3-5-11-22(20)23/h2-5,8-11,17-18,23H,6-7,12-16H2,1H3,(H,27,32)(H,29,30). The number of carboxylic acid groups (broad SMARTS) is 1. The number of amides is 2. The number of nitrogens with zero attached hydrogens (tertiary/aromatic N) is 1. The van der Waals surface area contributed by atoms with Crippen molar-refractivity contribution in [3.05, 3.63) is 59.7 Å². The SMILES string of the molecule is CC(CCCNC(=O)OCC1c2ccccc2-c2ccccc21)C(=O)N1CC(CC(=O)O)C1. The zero-order chi connectivity index (χ0) is 23.4. The summed E-state index contributed by atoms with van der Waals surface area (Å²) in [6.07, 6.45) is 0.990. The van der Waals surface area contributed by atoms with Gasteiger partial charge in [0.2, 0.25) is 5.91 Å². The molecule has 1 saturated heterocycles. The van der Waals surface area contributed by atoms with E-state index in [1.807, 2.05) is 31.2 Å². The van der Waals surface area contributed by atoms with Crippen LogP contribution in [0.1, 0.15) is 43.2 Å². The highest BCUT2D eigenvalue weighted by atomic mass is 16.5. The van der Waals surface area contributed by atoms with Crippen molar-refractivity contribution in [1.82, 2.24) is 10.2 Å². The normalized spacial score (nSPS) is 15.8. The van der Waals surface area contributed by atoms with Gasteiger partial charge in [-0.15, -0.1) is 0 Å². The maximum Gasteiger partial charge on any atom is 0.407 e. The number of hydrogen-bond donors (Lipinski definition) is 2. The minimum Gasteiger partial charge on any atom is -0.481 e. The van der Waals surface area contributed by atoms with Crippen LogP contribution in [0.2, 0.25) is 0 Å². The Morgan fingerprint density at radius 3 is 2.27 bits per heavy atom. The average molecular weight is 451 g/mol. The molecule has 174 valence electrons. The van der Waals surface area contributed by atoms with E-state index in [9.17, 15) is 14.4 Å². The summed E-state index contributed by atoms with van der Waals surface area (Å²) in [6.45, 7) is 3.64. The number of fused-ring (bicyclic) bond motifs is 3. The van der Waals surface area contributed by atoms with Crippen LogP contribution in [0.3, 0.4) is 0 Å². The number of carbonyl (C=O) groups is 3. The quantitative estimate of drug-likeness (QED) is 0.566. The second-order valence-corrected chi connectivity index (χ2v) is 9.00. The molecule has 1 aliphatic carbocycles. The van der Waals surface area contributed by atoms with Crippen LogP contribution >= 0.6 is 0 Å². The van der Waals surface area contributed by atoms with E-state index in [0.29, 0.717) is 32.5 Å². The molecule has 7 heteroatoms. The predicted molar refractivity (Wildman–Crippen MR) is 124 cm³/mol. The number of carbonyl (C=O) groups excluding carboxylic acids is 2. The van der Waals surface area contributed by atoms with Crippen LogP contribution in [0.25, 0.3) is 11.1 Å². The van der Waals surface area contributed by atoms with Crippen molar-refractivity contribution in [2.75, 3.05) is 26.2 Å². The summed E-state index contributed by atoms with van der Waals surface area (Å²) < 4.78 is 5.53. The Balaban J connectivity index is 1.17. The molecule has 1 heterocycles. The molecule has 4 rings (SSSR count). The summed E-state index contributed by atoms with van der Waals surface area (Å²) in [4.78, 5) is 37.1. The molecule has 1 aliphatic heterocycles. The van der Waals surface area contributed by atoms with Gasteiger partial charge in [0.25, 0.3) is 0 Å². The molecule has 1 unspecified atom stereocenters. The third-order valence-corrected chi connectivity index (χ3v) is 6.58. The molecule has 0 saturated carbocycles. The number of likely N-dealkylation sites (tertiary alicyclic amines) is 1. The molecule has 0 radical (unpaired) electrons. The fraction of sp³-hybridized carbons (Fsp3) is 0.423. The second-order valence-electron chi connectivity index (χ2n) is 9.00. The summed E-state index contributed by atoms with van der Waals surface area (Å²) in [5, 5.41) is 11.6. The Morgan fingerprint density at radius 1 is 1.06 bits per heavy atom. The van der Waals surface area contributed by atoms with Crippen molar-refractivity contribution < 1.29 is 24.2 Å². The van der Waals surface area contributed by atoms with Crippen molar-refractivity contribution in [3.63, 3.8) is 0 Å². The fourth-order valence-corrected chi connectivity index (χ4v) is 4.81. The lowest BCUT2D eigenvalue weighted by molar-refractivity contribution is -0.147. The topological polar surface area (TPSA) is 95.9 Å². The number of hydrogen-bond acceptors (Lipinski definition) is 4. The Bertz CT molecular complexity index is 985. The molecule has 33 heavy (non-hydrogen) atoms. The first-order valence-electron chi connectivity index (χ1n) is 11.5. The molecule has 1 atom stereocenters. The van der Waals surface area contributed by atoms with Gasteiger partial charge in [0, 0.05) is 37.4 Å². The molecule has 2 amide bonds. The van der Waals surface area contributed by atoms with E-state index in [4.69, 9.17) is 9.84 Å². The van der Waals surface area contributed by atoms with Gasteiger partial charge in [0.1, 0.15) is 6.61 Å². The lowest BCUT2D eigenvalue weighted by Crippen LogP contribution is -2.52. The number of carboxylic acids is 1. The smallest absolute Gasteiger partial charge is 0.407 e. The lowest BCUT2D eigenvalue weighted by Gasteiger charge is -2.40. The molecule has 2 aromatic carbocycles. The van der Waals surface area contributed by atoms with Gasteiger partial charge < -0.3 is 20.1 Å². The van der Waals surface area contributed by atoms with E-state index in [2.05, 4.69) is 29.6 Å². The molecule has 0 bridgehead atoms. The van der Waals surface area contributed by atoms with Gasteiger partial charge in [0.15, 0.2) is 0 Å². The number of alkyl carbamates (subject to hydrolysis) is 1. The molecule has 0 spiro atoms. The molecular weight excluding hydrogens is 420 g/mol. The molecule has 7 nitrogen and oxygen atoms in total. The van der Waals surface area contributed by atoms with E-state index < -0.39 is 12.1 Å². The van der Waals surface area contributed by atoms with Gasteiger partial charge in [-0.05, 0) is 35.1 Å². The van der Waals surface area contributed by atoms with E-state index in [1.165, 1.54) is 22.3 Å². The molecular formula is C26H30N2O5. The van der Waals surface area contributed by atoms with Gasteiger partial charge in [0.05, 0.1) is 6.42 Å². The second kappa shape index (κ2) is 10.1. The number of nitrogens with one attached hydrogen (secondary N) is 1. The first kappa shape index (κ1) is 22.8. The Hall–Kier alpha value is -3.35. The maximum atomic E-state index is 12.4. The summed E-state index contributed by atoms with van der Waals surface area (Å²) >= 11 is 0. The summed E-state index contributed by atoms with van der Waals surface area (Å²) in [5.41, 5.74) is 4.74. The maximum absolute atomic E-state index is 12.4. The van der Waals surface area contributed by atoms with Crippen molar-refractivity contribution in [2.45, 2.75) is 32.1 Å².